The van der Waals surface area contributed by atoms with Gasteiger partial charge in [0.05, 0.1) is 12.0 Å². The summed E-state index contributed by atoms with van der Waals surface area (Å²) in [5, 5.41) is 0.00714. The number of furan rings is 1. The standard InChI is InChI=1S/C14H13NO2S/c16-13-10-18-14(12-7-4-8-17-12)15(13)9-11-5-2-1-3-6-11/h1-8,14H,9-10H2/t14-/m0/s1. The highest BCUT2D eigenvalue weighted by molar-refractivity contribution is 8.00. The van der Waals surface area contributed by atoms with Crippen molar-refractivity contribution in [3.8, 4) is 0 Å². The molecule has 3 rings (SSSR count). The highest BCUT2D eigenvalue weighted by Gasteiger charge is 2.34. The molecule has 2 aromatic rings. The highest BCUT2D eigenvalue weighted by Crippen LogP contribution is 2.39. The quantitative estimate of drug-likeness (QED) is 0.849. The van der Waals surface area contributed by atoms with Crippen LogP contribution >= 0.6 is 11.8 Å². The Balaban J connectivity index is 1.82. The number of carbonyl (C=O) groups is 1. The van der Waals surface area contributed by atoms with Gasteiger partial charge in [0.25, 0.3) is 0 Å². The second-order valence-electron chi connectivity index (χ2n) is 4.19. The zero-order valence-corrected chi connectivity index (χ0v) is 10.6. The molecule has 1 aliphatic rings. The summed E-state index contributed by atoms with van der Waals surface area (Å²) in [5.41, 5.74) is 1.14. The maximum Gasteiger partial charge on any atom is 0.234 e. The third-order valence-electron chi connectivity index (χ3n) is 2.95. The first-order chi connectivity index (χ1) is 8.84. The predicted molar refractivity (Wildman–Crippen MR) is 70.9 cm³/mol. The zero-order chi connectivity index (χ0) is 12.4. The van der Waals surface area contributed by atoms with Crippen LogP contribution in [0.1, 0.15) is 16.7 Å². The average molecular weight is 259 g/mol. The number of rotatable bonds is 3. The third-order valence-corrected chi connectivity index (χ3v) is 4.17. The van der Waals surface area contributed by atoms with E-state index in [4.69, 9.17) is 4.42 Å². The number of carbonyl (C=O) groups excluding carboxylic acids is 1. The first-order valence-corrected chi connectivity index (χ1v) is 6.88. The molecule has 0 aliphatic carbocycles. The van der Waals surface area contributed by atoms with Crippen LogP contribution < -0.4 is 0 Å². The third kappa shape index (κ3) is 2.16. The zero-order valence-electron chi connectivity index (χ0n) is 9.78. The summed E-state index contributed by atoms with van der Waals surface area (Å²) in [4.78, 5) is 13.8. The number of amides is 1. The summed E-state index contributed by atoms with van der Waals surface area (Å²) in [6.45, 7) is 0.637. The smallest absolute Gasteiger partial charge is 0.234 e. The molecular weight excluding hydrogens is 246 g/mol. The normalized spacial score (nSPS) is 19.4. The Labute approximate surface area is 110 Å². The van der Waals surface area contributed by atoms with Gasteiger partial charge in [0.1, 0.15) is 11.1 Å². The molecule has 4 heteroatoms. The Bertz CT molecular complexity index is 524. The molecule has 18 heavy (non-hydrogen) atoms. The van der Waals surface area contributed by atoms with Crippen molar-refractivity contribution >= 4 is 17.7 Å². The molecule has 0 bridgehead atoms. The molecule has 1 amide bonds. The van der Waals surface area contributed by atoms with E-state index in [1.165, 1.54) is 0 Å². The van der Waals surface area contributed by atoms with Crippen LogP contribution in [-0.2, 0) is 11.3 Å². The molecule has 0 unspecified atom stereocenters. The minimum absolute atomic E-state index is 0.00714. The highest BCUT2D eigenvalue weighted by atomic mass is 32.2. The van der Waals surface area contributed by atoms with Crippen LogP contribution in [0.4, 0.5) is 0 Å². The van der Waals surface area contributed by atoms with Gasteiger partial charge < -0.3 is 9.32 Å². The average Bonchev–Trinajstić information content (AvgIpc) is 3.02. The topological polar surface area (TPSA) is 33.5 Å². The molecule has 1 aromatic carbocycles. The lowest BCUT2D eigenvalue weighted by atomic mass is 10.2. The van der Waals surface area contributed by atoms with E-state index >= 15 is 0 Å². The predicted octanol–water partition coefficient (Wildman–Crippen LogP) is 3.05. The van der Waals surface area contributed by atoms with Crippen LogP contribution in [0, 0.1) is 0 Å². The van der Waals surface area contributed by atoms with Crippen LogP contribution in [0.3, 0.4) is 0 Å². The summed E-state index contributed by atoms with van der Waals surface area (Å²) in [6.07, 6.45) is 1.65. The van der Waals surface area contributed by atoms with E-state index < -0.39 is 0 Å². The van der Waals surface area contributed by atoms with E-state index in [2.05, 4.69) is 0 Å². The van der Waals surface area contributed by atoms with Gasteiger partial charge >= 0.3 is 0 Å². The van der Waals surface area contributed by atoms with Crippen molar-refractivity contribution in [1.82, 2.24) is 4.90 Å². The van der Waals surface area contributed by atoms with E-state index in [0.29, 0.717) is 12.3 Å². The van der Waals surface area contributed by atoms with Gasteiger partial charge in [0.15, 0.2) is 0 Å². The van der Waals surface area contributed by atoms with Crippen molar-refractivity contribution in [1.29, 1.82) is 0 Å². The number of nitrogens with zero attached hydrogens (tertiary/aromatic N) is 1. The summed E-state index contributed by atoms with van der Waals surface area (Å²) >= 11 is 1.62. The van der Waals surface area contributed by atoms with Crippen molar-refractivity contribution < 1.29 is 9.21 Å². The van der Waals surface area contributed by atoms with Gasteiger partial charge in [-0.2, -0.15) is 0 Å². The molecular formula is C14H13NO2S. The first-order valence-electron chi connectivity index (χ1n) is 5.83. The van der Waals surface area contributed by atoms with Crippen molar-refractivity contribution in [2.75, 3.05) is 5.75 Å². The Kier molecular flexibility index (Phi) is 3.11. The molecule has 1 saturated heterocycles. The lowest BCUT2D eigenvalue weighted by Crippen LogP contribution is -2.27. The summed E-state index contributed by atoms with van der Waals surface area (Å²) < 4.78 is 5.42. The van der Waals surface area contributed by atoms with Crippen molar-refractivity contribution in [3.63, 3.8) is 0 Å². The van der Waals surface area contributed by atoms with E-state index in [0.717, 1.165) is 11.3 Å². The fourth-order valence-electron chi connectivity index (χ4n) is 2.07. The fourth-order valence-corrected chi connectivity index (χ4v) is 3.21. The van der Waals surface area contributed by atoms with E-state index in [9.17, 15) is 4.79 Å². The molecule has 0 spiro atoms. The summed E-state index contributed by atoms with van der Waals surface area (Å²) in [5.74, 6) is 1.55. The molecule has 0 N–H and O–H groups in total. The monoisotopic (exact) mass is 259 g/mol. The number of thioether (sulfide) groups is 1. The van der Waals surface area contributed by atoms with E-state index in [1.807, 2.05) is 47.4 Å². The van der Waals surface area contributed by atoms with Crippen LogP contribution in [0.2, 0.25) is 0 Å². The lowest BCUT2D eigenvalue weighted by molar-refractivity contribution is -0.128. The second kappa shape index (κ2) is 4.90. The minimum atomic E-state index is 0.00714. The van der Waals surface area contributed by atoms with Crippen molar-refractivity contribution in [2.45, 2.75) is 11.9 Å². The Morgan fingerprint density at radius 3 is 2.78 bits per heavy atom. The van der Waals surface area contributed by atoms with Gasteiger partial charge in [-0.1, -0.05) is 30.3 Å². The van der Waals surface area contributed by atoms with Crippen molar-refractivity contribution in [3.05, 3.63) is 60.1 Å². The molecule has 1 aromatic heterocycles. The van der Waals surface area contributed by atoms with Gasteiger partial charge in [-0.25, -0.2) is 0 Å². The van der Waals surface area contributed by atoms with Gasteiger partial charge in [0, 0.05) is 6.54 Å². The minimum Gasteiger partial charge on any atom is -0.466 e. The van der Waals surface area contributed by atoms with E-state index in [1.54, 1.807) is 18.0 Å². The fraction of sp³-hybridized carbons (Fsp3) is 0.214. The summed E-state index contributed by atoms with van der Waals surface area (Å²) in [7, 11) is 0. The van der Waals surface area contributed by atoms with Crippen LogP contribution in [0.15, 0.2) is 53.1 Å². The van der Waals surface area contributed by atoms with Gasteiger partial charge in [-0.3, -0.25) is 4.79 Å². The number of hydrogen-bond donors (Lipinski definition) is 0. The largest absolute Gasteiger partial charge is 0.466 e. The molecule has 0 radical (unpaired) electrons. The molecule has 3 nitrogen and oxygen atoms in total. The van der Waals surface area contributed by atoms with Crippen LogP contribution in [0.5, 0.6) is 0 Å². The number of hydrogen-bond acceptors (Lipinski definition) is 3. The molecule has 1 aliphatic heterocycles. The molecule has 2 heterocycles. The van der Waals surface area contributed by atoms with Gasteiger partial charge in [-0.05, 0) is 17.7 Å². The molecule has 1 fully saturated rings. The second-order valence-corrected chi connectivity index (χ2v) is 5.25. The first kappa shape index (κ1) is 11.4. The lowest BCUT2D eigenvalue weighted by Gasteiger charge is -2.22. The van der Waals surface area contributed by atoms with Crippen LogP contribution in [-0.4, -0.2) is 16.6 Å². The van der Waals surface area contributed by atoms with E-state index in [-0.39, 0.29) is 11.3 Å². The van der Waals surface area contributed by atoms with Gasteiger partial charge in [-0.15, -0.1) is 11.8 Å². The maximum absolute atomic E-state index is 11.9. The Morgan fingerprint density at radius 2 is 2.06 bits per heavy atom. The number of benzene rings is 1. The molecule has 1 atom stereocenters. The Morgan fingerprint density at radius 1 is 1.22 bits per heavy atom. The SMILES string of the molecule is O=C1CS[C@@H](c2ccco2)N1Cc1ccccc1. The van der Waals surface area contributed by atoms with Gasteiger partial charge in [0.2, 0.25) is 5.91 Å². The summed E-state index contributed by atoms with van der Waals surface area (Å²) in [6, 6.07) is 13.8. The molecule has 0 saturated carbocycles. The maximum atomic E-state index is 11.9. The molecule has 92 valence electrons. The van der Waals surface area contributed by atoms with Crippen LogP contribution in [0.25, 0.3) is 0 Å². The van der Waals surface area contributed by atoms with Crippen molar-refractivity contribution in [2.24, 2.45) is 0 Å². The Hall–Kier alpha value is -1.68.